The number of nitrogens with zero attached hydrogens (tertiary/aromatic N) is 1. The lowest BCUT2D eigenvalue weighted by atomic mass is 9.94. The van der Waals surface area contributed by atoms with Gasteiger partial charge in [-0.15, -0.1) is 0 Å². The second-order valence-corrected chi connectivity index (χ2v) is 4.73. The maximum absolute atomic E-state index is 11.9. The van der Waals surface area contributed by atoms with Crippen LogP contribution in [-0.2, 0) is 19.1 Å². The Hall–Kier alpha value is -1.59. The minimum Gasteiger partial charge on any atom is -0.431 e. The molecule has 0 aliphatic carbocycles. The first-order valence-electron chi connectivity index (χ1n) is 6.02. The van der Waals surface area contributed by atoms with Crippen LogP contribution in [0.15, 0.2) is 29.4 Å². The van der Waals surface area contributed by atoms with Crippen molar-refractivity contribution in [3.8, 4) is 0 Å². The van der Waals surface area contributed by atoms with Crippen molar-refractivity contribution < 1.29 is 19.1 Å². The fourth-order valence-corrected chi connectivity index (χ4v) is 2.37. The zero-order valence-electron chi connectivity index (χ0n) is 10.2. The van der Waals surface area contributed by atoms with E-state index in [4.69, 9.17) is 25.9 Å². The molecule has 0 amide bonds. The molecule has 0 aromatic heterocycles. The summed E-state index contributed by atoms with van der Waals surface area (Å²) in [5.74, 6) is -0.896. The van der Waals surface area contributed by atoms with Crippen LogP contribution in [0.5, 0.6) is 0 Å². The minimum atomic E-state index is -0.684. The Balaban J connectivity index is 1.86. The first kappa shape index (κ1) is 12.4. The molecule has 1 aromatic carbocycles. The number of hydrogen-bond acceptors (Lipinski definition) is 5. The number of halogens is 1. The SMILES string of the molecule is CCOC1OC(=O)C2C(c3ccc(Cl)cc3)=NOC12. The molecule has 6 heteroatoms. The molecule has 0 radical (unpaired) electrons. The number of carbonyl (C=O) groups is 1. The van der Waals surface area contributed by atoms with E-state index in [1.165, 1.54) is 0 Å². The average Bonchev–Trinajstić information content (AvgIpc) is 2.94. The predicted octanol–water partition coefficient (Wildman–Crippen LogP) is 1.98. The molecule has 3 unspecified atom stereocenters. The van der Waals surface area contributed by atoms with Gasteiger partial charge < -0.3 is 14.3 Å². The molecule has 100 valence electrons. The predicted molar refractivity (Wildman–Crippen MR) is 67.9 cm³/mol. The standard InChI is InChI=1S/C13H12ClNO4/c1-2-17-13-11-9(12(16)18-13)10(15-19-11)7-3-5-8(14)6-4-7/h3-6,9,11,13H,2H2,1H3. The highest BCUT2D eigenvalue weighted by atomic mass is 35.5. The lowest BCUT2D eigenvalue weighted by molar-refractivity contribution is -0.177. The smallest absolute Gasteiger partial charge is 0.321 e. The molecule has 2 heterocycles. The third-order valence-corrected chi connectivity index (χ3v) is 3.37. The molecule has 5 nitrogen and oxygen atoms in total. The number of fused-ring (bicyclic) bond motifs is 1. The van der Waals surface area contributed by atoms with E-state index in [0.29, 0.717) is 17.3 Å². The largest absolute Gasteiger partial charge is 0.431 e. The molecule has 3 atom stereocenters. The zero-order chi connectivity index (χ0) is 13.4. The molecule has 19 heavy (non-hydrogen) atoms. The minimum absolute atomic E-state index is 0.366. The maximum Gasteiger partial charge on any atom is 0.321 e. The van der Waals surface area contributed by atoms with E-state index in [-0.39, 0.29) is 5.97 Å². The van der Waals surface area contributed by atoms with Crippen molar-refractivity contribution in [1.29, 1.82) is 0 Å². The van der Waals surface area contributed by atoms with Crippen LogP contribution < -0.4 is 0 Å². The Bertz CT molecular complexity index is 528. The van der Waals surface area contributed by atoms with E-state index in [1.807, 2.05) is 6.92 Å². The summed E-state index contributed by atoms with van der Waals surface area (Å²) in [5, 5.41) is 4.62. The highest BCUT2D eigenvalue weighted by molar-refractivity contribution is 6.30. The first-order chi connectivity index (χ1) is 9.20. The van der Waals surface area contributed by atoms with E-state index < -0.39 is 18.3 Å². The molecule has 1 fully saturated rings. The topological polar surface area (TPSA) is 57.1 Å². The summed E-state index contributed by atoms with van der Waals surface area (Å²) in [4.78, 5) is 17.2. The van der Waals surface area contributed by atoms with Gasteiger partial charge >= 0.3 is 5.97 Å². The van der Waals surface area contributed by atoms with Crippen molar-refractivity contribution in [1.82, 2.24) is 0 Å². The third kappa shape index (κ3) is 2.09. The lowest BCUT2D eigenvalue weighted by Gasteiger charge is -2.13. The molecule has 2 aliphatic heterocycles. The van der Waals surface area contributed by atoms with Gasteiger partial charge in [-0.3, -0.25) is 4.79 Å². The Morgan fingerprint density at radius 3 is 2.79 bits per heavy atom. The normalized spacial score (nSPS) is 28.6. The van der Waals surface area contributed by atoms with Gasteiger partial charge in [-0.05, 0) is 19.1 Å². The number of esters is 1. The molecule has 0 N–H and O–H groups in total. The highest BCUT2D eigenvalue weighted by Crippen LogP contribution is 2.34. The number of ether oxygens (including phenoxy) is 2. The first-order valence-corrected chi connectivity index (χ1v) is 6.40. The van der Waals surface area contributed by atoms with Crippen LogP contribution in [0.3, 0.4) is 0 Å². The fraction of sp³-hybridized carbons (Fsp3) is 0.385. The van der Waals surface area contributed by atoms with E-state index in [2.05, 4.69) is 5.16 Å². The van der Waals surface area contributed by atoms with Crippen molar-refractivity contribution >= 4 is 23.3 Å². The van der Waals surface area contributed by atoms with Gasteiger partial charge in [-0.25, -0.2) is 0 Å². The molecule has 1 saturated heterocycles. The Kier molecular flexibility index (Phi) is 3.16. The van der Waals surface area contributed by atoms with Gasteiger partial charge in [0.05, 0.1) is 0 Å². The molecule has 0 spiro atoms. The number of oxime groups is 1. The van der Waals surface area contributed by atoms with Crippen LogP contribution in [0.25, 0.3) is 0 Å². The summed E-state index contributed by atoms with van der Waals surface area (Å²) in [6, 6.07) is 7.09. The number of benzene rings is 1. The number of rotatable bonds is 3. The second kappa shape index (κ2) is 4.83. The van der Waals surface area contributed by atoms with Crippen LogP contribution in [0.2, 0.25) is 5.02 Å². The maximum atomic E-state index is 11.9. The highest BCUT2D eigenvalue weighted by Gasteiger charge is 2.54. The van der Waals surface area contributed by atoms with Crippen molar-refractivity contribution in [2.45, 2.75) is 19.3 Å². The second-order valence-electron chi connectivity index (χ2n) is 4.29. The summed E-state index contributed by atoms with van der Waals surface area (Å²) in [5.41, 5.74) is 1.36. The van der Waals surface area contributed by atoms with Crippen LogP contribution in [0.1, 0.15) is 12.5 Å². The summed E-state index contributed by atoms with van der Waals surface area (Å²) in [6.07, 6.45) is -1.19. The van der Waals surface area contributed by atoms with E-state index >= 15 is 0 Å². The van der Waals surface area contributed by atoms with Crippen LogP contribution >= 0.6 is 11.6 Å². The Morgan fingerprint density at radius 1 is 1.37 bits per heavy atom. The fourth-order valence-electron chi connectivity index (χ4n) is 2.24. The molecular weight excluding hydrogens is 270 g/mol. The van der Waals surface area contributed by atoms with E-state index in [9.17, 15) is 4.79 Å². The van der Waals surface area contributed by atoms with Gasteiger partial charge in [0, 0.05) is 17.2 Å². The van der Waals surface area contributed by atoms with E-state index in [0.717, 1.165) is 5.56 Å². The van der Waals surface area contributed by atoms with Crippen molar-refractivity contribution in [2.24, 2.45) is 11.1 Å². The van der Waals surface area contributed by atoms with Crippen molar-refractivity contribution in [2.75, 3.05) is 6.61 Å². The zero-order valence-corrected chi connectivity index (χ0v) is 11.0. The third-order valence-electron chi connectivity index (χ3n) is 3.12. The van der Waals surface area contributed by atoms with Gasteiger partial charge in [0.2, 0.25) is 12.4 Å². The summed E-state index contributed by atoms with van der Waals surface area (Å²) < 4.78 is 10.5. The van der Waals surface area contributed by atoms with Crippen LogP contribution in [0.4, 0.5) is 0 Å². The quantitative estimate of drug-likeness (QED) is 0.795. The summed E-state index contributed by atoms with van der Waals surface area (Å²) in [6.45, 7) is 2.28. The average molecular weight is 282 g/mol. The summed E-state index contributed by atoms with van der Waals surface area (Å²) in [7, 11) is 0. The number of cyclic esters (lactones) is 1. The molecule has 0 saturated carbocycles. The lowest BCUT2D eigenvalue weighted by Crippen LogP contribution is -2.30. The van der Waals surface area contributed by atoms with Gasteiger partial charge in [0.1, 0.15) is 11.6 Å². The Morgan fingerprint density at radius 2 is 2.11 bits per heavy atom. The number of carbonyl (C=O) groups excluding carboxylic acids is 1. The number of hydrogen-bond donors (Lipinski definition) is 0. The molecule has 1 aromatic rings. The van der Waals surface area contributed by atoms with Crippen LogP contribution in [-0.4, -0.2) is 30.7 Å². The van der Waals surface area contributed by atoms with Gasteiger partial charge in [0.15, 0.2) is 0 Å². The van der Waals surface area contributed by atoms with Gasteiger partial charge in [-0.1, -0.05) is 28.9 Å². The van der Waals surface area contributed by atoms with Crippen molar-refractivity contribution in [3.05, 3.63) is 34.9 Å². The monoisotopic (exact) mass is 281 g/mol. The summed E-state index contributed by atoms with van der Waals surface area (Å²) >= 11 is 5.84. The molecular formula is C13H12ClNO4. The molecule has 2 aliphatic rings. The van der Waals surface area contributed by atoms with Gasteiger partial charge in [-0.2, -0.15) is 0 Å². The molecule has 0 bridgehead atoms. The van der Waals surface area contributed by atoms with E-state index in [1.54, 1.807) is 24.3 Å². The molecule has 3 rings (SSSR count). The Labute approximate surface area is 115 Å². The van der Waals surface area contributed by atoms with Crippen LogP contribution in [0, 0.1) is 5.92 Å². The van der Waals surface area contributed by atoms with Crippen molar-refractivity contribution in [3.63, 3.8) is 0 Å². The van der Waals surface area contributed by atoms with Gasteiger partial charge in [0.25, 0.3) is 0 Å².